The van der Waals surface area contributed by atoms with Crippen LogP contribution < -0.4 is 10.2 Å². The van der Waals surface area contributed by atoms with E-state index >= 15 is 0 Å². The largest absolute Gasteiger partial charge is 0.355 e. The number of amides is 1. The van der Waals surface area contributed by atoms with Crippen molar-refractivity contribution in [1.82, 2.24) is 15.5 Å². The molecule has 3 rings (SSSR count). The number of rotatable bonds is 3. The van der Waals surface area contributed by atoms with E-state index in [1.807, 2.05) is 6.07 Å². The summed E-state index contributed by atoms with van der Waals surface area (Å²) in [6.45, 7) is 1.44. The number of hydrogen-bond donors (Lipinski definition) is 1. The average molecular weight is 359 g/mol. The van der Waals surface area contributed by atoms with Crippen LogP contribution in [-0.4, -0.2) is 55.2 Å². The molecule has 0 aliphatic carbocycles. The predicted octanol–water partition coefficient (Wildman–Crippen LogP) is 0.650. The maximum atomic E-state index is 12.3. The Morgan fingerprint density at radius 3 is 2.52 bits per heavy atom. The maximum absolute atomic E-state index is 12.3. The van der Waals surface area contributed by atoms with Crippen LogP contribution in [0.3, 0.4) is 0 Å². The van der Waals surface area contributed by atoms with Crippen molar-refractivity contribution in [2.45, 2.75) is 25.3 Å². The molecule has 9 heteroatoms. The smallest absolute Gasteiger partial charge is 0.223 e. The average Bonchev–Trinajstić information content (AvgIpc) is 2.87. The topological polar surface area (TPSA) is 92.3 Å². The van der Waals surface area contributed by atoms with Gasteiger partial charge in [0.2, 0.25) is 5.91 Å². The van der Waals surface area contributed by atoms with Crippen LogP contribution in [0.15, 0.2) is 12.1 Å². The minimum atomic E-state index is -2.97. The second-order valence-electron chi connectivity index (χ2n) is 6.08. The fourth-order valence-corrected chi connectivity index (χ4v) is 4.85. The number of nitrogens with zero attached hydrogens (tertiary/aromatic N) is 3. The molecule has 0 spiro atoms. The summed E-state index contributed by atoms with van der Waals surface area (Å²) in [6.07, 6.45) is 1.96. The molecule has 126 valence electrons. The summed E-state index contributed by atoms with van der Waals surface area (Å²) in [4.78, 5) is 14.4. The number of piperidine rings is 1. The van der Waals surface area contributed by atoms with E-state index in [4.69, 9.17) is 11.6 Å². The van der Waals surface area contributed by atoms with E-state index in [-0.39, 0.29) is 29.4 Å². The molecule has 0 saturated carbocycles. The summed E-state index contributed by atoms with van der Waals surface area (Å²) < 4.78 is 22.9. The first kappa shape index (κ1) is 16.4. The Labute approximate surface area is 140 Å². The Kier molecular flexibility index (Phi) is 4.72. The molecular weight excluding hydrogens is 340 g/mol. The van der Waals surface area contributed by atoms with E-state index in [0.717, 1.165) is 31.7 Å². The van der Waals surface area contributed by atoms with Crippen molar-refractivity contribution in [2.24, 2.45) is 5.92 Å². The lowest BCUT2D eigenvalue weighted by Gasteiger charge is -2.32. The van der Waals surface area contributed by atoms with E-state index in [9.17, 15) is 13.2 Å². The predicted molar refractivity (Wildman–Crippen MR) is 87.2 cm³/mol. The zero-order chi connectivity index (χ0) is 16.4. The number of aromatic nitrogens is 2. The van der Waals surface area contributed by atoms with E-state index in [1.54, 1.807) is 6.07 Å². The van der Waals surface area contributed by atoms with Gasteiger partial charge in [-0.1, -0.05) is 11.6 Å². The molecule has 1 aromatic rings. The molecule has 0 radical (unpaired) electrons. The number of carbonyl (C=O) groups is 1. The lowest BCUT2D eigenvalue weighted by molar-refractivity contribution is -0.126. The van der Waals surface area contributed by atoms with Gasteiger partial charge in [-0.15, -0.1) is 10.2 Å². The molecule has 3 heterocycles. The molecule has 0 unspecified atom stereocenters. The summed E-state index contributed by atoms with van der Waals surface area (Å²) in [5.41, 5.74) is 0. The summed E-state index contributed by atoms with van der Waals surface area (Å²) in [5.74, 6) is 0.891. The first-order chi connectivity index (χ1) is 10.9. The standard InChI is InChI=1S/C14H19ClN4O3S/c15-12-1-2-13(18-17-12)19-6-3-10(4-7-19)14(20)16-11-5-8-23(21,22)9-11/h1-2,10-11H,3-9H2,(H,16,20)/t11-/m0/s1. The Bertz CT molecular complexity index is 672. The first-order valence-electron chi connectivity index (χ1n) is 7.68. The van der Waals surface area contributed by atoms with Crippen LogP contribution in [0.25, 0.3) is 0 Å². The van der Waals surface area contributed by atoms with Crippen LogP contribution in [0.5, 0.6) is 0 Å². The van der Waals surface area contributed by atoms with Crippen molar-refractivity contribution in [1.29, 1.82) is 0 Å². The minimum absolute atomic E-state index is 0.0334. The summed E-state index contributed by atoms with van der Waals surface area (Å²) >= 11 is 5.73. The van der Waals surface area contributed by atoms with Crippen LogP contribution in [0, 0.1) is 5.92 Å². The van der Waals surface area contributed by atoms with Gasteiger partial charge in [-0.25, -0.2) is 8.42 Å². The molecule has 0 bridgehead atoms. The number of sulfone groups is 1. The second kappa shape index (κ2) is 6.60. The van der Waals surface area contributed by atoms with E-state index in [1.165, 1.54) is 0 Å². The van der Waals surface area contributed by atoms with Crippen molar-refractivity contribution in [3.8, 4) is 0 Å². The Balaban J connectivity index is 1.50. The molecule has 7 nitrogen and oxygen atoms in total. The van der Waals surface area contributed by atoms with Gasteiger partial charge < -0.3 is 10.2 Å². The van der Waals surface area contributed by atoms with Gasteiger partial charge in [0.25, 0.3) is 0 Å². The fourth-order valence-electron chi connectivity index (χ4n) is 3.08. The van der Waals surface area contributed by atoms with Gasteiger partial charge in [0, 0.05) is 25.0 Å². The molecule has 0 aromatic carbocycles. The molecule has 2 aliphatic heterocycles. The molecule has 1 atom stereocenters. The Morgan fingerprint density at radius 1 is 1.22 bits per heavy atom. The minimum Gasteiger partial charge on any atom is -0.355 e. The SMILES string of the molecule is O=C(N[C@H]1CCS(=O)(=O)C1)C1CCN(c2ccc(Cl)nn2)CC1. The van der Waals surface area contributed by atoms with Crippen LogP contribution in [0.1, 0.15) is 19.3 Å². The Morgan fingerprint density at radius 2 is 1.96 bits per heavy atom. The molecule has 23 heavy (non-hydrogen) atoms. The third-order valence-corrected chi connectivity index (χ3v) is 6.36. The highest BCUT2D eigenvalue weighted by Crippen LogP contribution is 2.23. The fraction of sp³-hybridized carbons (Fsp3) is 0.643. The quantitative estimate of drug-likeness (QED) is 0.852. The van der Waals surface area contributed by atoms with E-state index in [2.05, 4.69) is 20.4 Å². The van der Waals surface area contributed by atoms with Crippen molar-refractivity contribution < 1.29 is 13.2 Å². The van der Waals surface area contributed by atoms with E-state index in [0.29, 0.717) is 11.6 Å². The molecule has 1 aromatic heterocycles. The first-order valence-corrected chi connectivity index (χ1v) is 9.88. The molecule has 2 saturated heterocycles. The van der Waals surface area contributed by atoms with Crippen molar-refractivity contribution in [3.05, 3.63) is 17.3 Å². The molecule has 2 fully saturated rings. The highest BCUT2D eigenvalue weighted by molar-refractivity contribution is 7.91. The van der Waals surface area contributed by atoms with Crippen molar-refractivity contribution >= 4 is 33.2 Å². The third kappa shape index (κ3) is 4.11. The lowest BCUT2D eigenvalue weighted by Crippen LogP contribution is -2.44. The maximum Gasteiger partial charge on any atom is 0.223 e. The van der Waals surface area contributed by atoms with Gasteiger partial charge in [0.05, 0.1) is 11.5 Å². The summed E-state index contributed by atoms with van der Waals surface area (Å²) in [7, 11) is -2.97. The zero-order valence-corrected chi connectivity index (χ0v) is 14.2. The number of hydrogen-bond acceptors (Lipinski definition) is 6. The normalized spacial score (nSPS) is 24.6. The van der Waals surface area contributed by atoms with Gasteiger partial charge in [-0.3, -0.25) is 4.79 Å². The number of halogens is 1. The van der Waals surface area contributed by atoms with Gasteiger partial charge in [-0.2, -0.15) is 0 Å². The molecule has 2 aliphatic rings. The number of nitrogens with one attached hydrogen (secondary N) is 1. The Hall–Kier alpha value is -1.41. The lowest BCUT2D eigenvalue weighted by atomic mass is 9.95. The van der Waals surface area contributed by atoms with Gasteiger partial charge in [0.15, 0.2) is 20.8 Å². The van der Waals surface area contributed by atoms with Gasteiger partial charge in [-0.05, 0) is 31.4 Å². The highest BCUT2D eigenvalue weighted by Gasteiger charge is 2.32. The number of carbonyl (C=O) groups excluding carboxylic acids is 1. The monoisotopic (exact) mass is 358 g/mol. The van der Waals surface area contributed by atoms with Gasteiger partial charge >= 0.3 is 0 Å². The number of anilines is 1. The zero-order valence-electron chi connectivity index (χ0n) is 12.6. The van der Waals surface area contributed by atoms with Crippen molar-refractivity contribution in [2.75, 3.05) is 29.5 Å². The van der Waals surface area contributed by atoms with Crippen LogP contribution in [0.2, 0.25) is 5.15 Å². The van der Waals surface area contributed by atoms with Crippen LogP contribution >= 0.6 is 11.6 Å². The van der Waals surface area contributed by atoms with Crippen LogP contribution in [-0.2, 0) is 14.6 Å². The second-order valence-corrected chi connectivity index (χ2v) is 8.70. The highest BCUT2D eigenvalue weighted by atomic mass is 35.5. The molecule has 1 amide bonds. The van der Waals surface area contributed by atoms with Crippen LogP contribution in [0.4, 0.5) is 5.82 Å². The van der Waals surface area contributed by atoms with Crippen molar-refractivity contribution in [3.63, 3.8) is 0 Å². The third-order valence-electron chi connectivity index (χ3n) is 4.39. The van der Waals surface area contributed by atoms with Gasteiger partial charge in [0.1, 0.15) is 0 Å². The summed E-state index contributed by atoms with van der Waals surface area (Å²) in [6, 6.07) is 3.29. The summed E-state index contributed by atoms with van der Waals surface area (Å²) in [5, 5.41) is 11.1. The molecular formula is C14H19ClN4O3S. The molecule has 1 N–H and O–H groups in total. The van der Waals surface area contributed by atoms with E-state index < -0.39 is 9.84 Å².